The van der Waals surface area contributed by atoms with Gasteiger partial charge in [-0.1, -0.05) is 6.07 Å². The molecule has 0 spiro atoms. The number of fused-ring (bicyclic) bond motifs is 1. The summed E-state index contributed by atoms with van der Waals surface area (Å²) in [5.41, 5.74) is 8.66. The topological polar surface area (TPSA) is 51.0 Å². The minimum absolute atomic E-state index is 0.136. The maximum Gasteiger partial charge on any atom is 0.132 e. The van der Waals surface area contributed by atoms with Crippen molar-refractivity contribution in [3.8, 4) is 5.75 Å². The zero-order valence-corrected chi connectivity index (χ0v) is 10.3. The van der Waals surface area contributed by atoms with E-state index in [0.29, 0.717) is 0 Å². The molecule has 3 nitrogen and oxygen atoms in total. The molecule has 3 heteroatoms. The summed E-state index contributed by atoms with van der Waals surface area (Å²) >= 11 is 0. The summed E-state index contributed by atoms with van der Waals surface area (Å²) in [6.07, 6.45) is 4.27. The summed E-state index contributed by atoms with van der Waals surface area (Å²) in [6.45, 7) is 2.09. The number of rotatable bonds is 3. The number of benzene rings is 1. The molecule has 1 aliphatic carbocycles. The zero-order chi connectivity index (χ0) is 12.0. The number of hydrogen-bond donors (Lipinski definition) is 2. The van der Waals surface area contributed by atoms with Crippen molar-refractivity contribution in [2.45, 2.75) is 31.2 Å². The van der Waals surface area contributed by atoms with Gasteiger partial charge in [0.1, 0.15) is 5.75 Å². The molecule has 17 heavy (non-hydrogen) atoms. The molecule has 1 fully saturated rings. The fourth-order valence-corrected chi connectivity index (χ4v) is 2.82. The monoisotopic (exact) mass is 230 g/mol. The van der Waals surface area contributed by atoms with Gasteiger partial charge in [-0.2, -0.15) is 0 Å². The van der Waals surface area contributed by atoms with E-state index in [1.807, 2.05) is 6.20 Å². The van der Waals surface area contributed by atoms with Gasteiger partial charge in [-0.3, -0.25) is 0 Å². The molecule has 3 rings (SSSR count). The average Bonchev–Trinajstić information content (AvgIpc) is 3.00. The van der Waals surface area contributed by atoms with Gasteiger partial charge < -0.3 is 15.5 Å². The molecule has 1 aliphatic rings. The number of aromatic nitrogens is 1. The molecular formula is C14H18N2O. The van der Waals surface area contributed by atoms with Crippen molar-refractivity contribution in [2.24, 2.45) is 5.73 Å². The first-order valence-corrected chi connectivity index (χ1v) is 6.09. The lowest BCUT2D eigenvalue weighted by molar-refractivity contribution is 0.403. The minimum Gasteiger partial charge on any atom is -0.496 e. The maximum absolute atomic E-state index is 6.14. The number of ether oxygens (including phenoxy) is 1. The van der Waals surface area contributed by atoms with Crippen molar-refractivity contribution >= 4 is 10.9 Å². The van der Waals surface area contributed by atoms with Crippen LogP contribution < -0.4 is 10.5 Å². The highest BCUT2D eigenvalue weighted by molar-refractivity contribution is 5.88. The van der Waals surface area contributed by atoms with Crippen LogP contribution in [0.1, 0.15) is 25.3 Å². The van der Waals surface area contributed by atoms with Crippen LogP contribution in [0.5, 0.6) is 5.75 Å². The molecule has 0 amide bonds. The molecule has 1 aromatic carbocycles. The van der Waals surface area contributed by atoms with Crippen LogP contribution in [0.15, 0.2) is 24.4 Å². The van der Waals surface area contributed by atoms with Gasteiger partial charge in [0.2, 0.25) is 0 Å². The van der Waals surface area contributed by atoms with Crippen molar-refractivity contribution in [2.75, 3.05) is 7.11 Å². The molecule has 0 aliphatic heterocycles. The Bertz CT molecular complexity index is 552. The van der Waals surface area contributed by atoms with Gasteiger partial charge in [0.05, 0.1) is 7.11 Å². The lowest BCUT2D eigenvalue weighted by Gasteiger charge is -2.23. The number of nitrogens with two attached hydrogens (primary N) is 1. The molecule has 1 heterocycles. The minimum atomic E-state index is 0.136. The van der Waals surface area contributed by atoms with E-state index in [0.717, 1.165) is 29.5 Å². The van der Waals surface area contributed by atoms with Crippen molar-refractivity contribution < 1.29 is 4.74 Å². The summed E-state index contributed by atoms with van der Waals surface area (Å²) in [7, 11) is 1.74. The Hall–Kier alpha value is -1.48. The Labute approximate surface area is 101 Å². The fourth-order valence-electron chi connectivity index (χ4n) is 2.82. The van der Waals surface area contributed by atoms with E-state index in [2.05, 4.69) is 30.1 Å². The molecule has 1 atom stereocenters. The highest BCUT2D eigenvalue weighted by Crippen LogP contribution is 2.54. The van der Waals surface area contributed by atoms with Gasteiger partial charge >= 0.3 is 0 Å². The number of aromatic amines is 1. The van der Waals surface area contributed by atoms with E-state index in [9.17, 15) is 0 Å². The first-order valence-electron chi connectivity index (χ1n) is 6.09. The highest BCUT2D eigenvalue weighted by Gasteiger charge is 2.49. The summed E-state index contributed by atoms with van der Waals surface area (Å²) < 4.78 is 5.62. The molecule has 3 N–H and O–H groups in total. The van der Waals surface area contributed by atoms with Crippen LogP contribution >= 0.6 is 0 Å². The number of methoxy groups -OCH3 is 1. The predicted molar refractivity (Wildman–Crippen MR) is 69.4 cm³/mol. The third-order valence-electron chi connectivity index (χ3n) is 4.09. The van der Waals surface area contributed by atoms with E-state index in [4.69, 9.17) is 10.5 Å². The smallest absolute Gasteiger partial charge is 0.132 e. The molecule has 0 radical (unpaired) electrons. The molecule has 90 valence electrons. The molecule has 1 unspecified atom stereocenters. The second-order valence-electron chi connectivity index (χ2n) is 5.03. The van der Waals surface area contributed by atoms with Crippen LogP contribution in [0, 0.1) is 0 Å². The Morgan fingerprint density at radius 2 is 2.12 bits per heavy atom. The van der Waals surface area contributed by atoms with Crippen molar-refractivity contribution in [1.82, 2.24) is 4.98 Å². The average molecular weight is 230 g/mol. The first kappa shape index (κ1) is 10.7. The standard InChI is InChI=1S/C14H18N2O/c1-9(15)14(6-7-14)11-3-4-12-10(5-8-16-12)13(11)17-2/h3-5,8-9,16H,6-7,15H2,1-2H3. The third kappa shape index (κ3) is 1.39. The highest BCUT2D eigenvalue weighted by atomic mass is 16.5. The summed E-state index contributed by atoms with van der Waals surface area (Å²) in [5.74, 6) is 0.985. The second kappa shape index (κ2) is 3.50. The summed E-state index contributed by atoms with van der Waals surface area (Å²) in [6, 6.07) is 6.52. The Kier molecular flexibility index (Phi) is 2.20. The van der Waals surface area contributed by atoms with E-state index < -0.39 is 0 Å². The fraction of sp³-hybridized carbons (Fsp3) is 0.429. The molecular weight excluding hydrogens is 212 g/mol. The van der Waals surface area contributed by atoms with Crippen LogP contribution in [0.3, 0.4) is 0 Å². The first-order chi connectivity index (χ1) is 8.19. The Morgan fingerprint density at radius 1 is 1.35 bits per heavy atom. The molecule has 1 aromatic heterocycles. The van der Waals surface area contributed by atoms with Gasteiger partial charge in [-0.15, -0.1) is 0 Å². The lowest BCUT2D eigenvalue weighted by atomic mass is 9.88. The normalized spacial score (nSPS) is 19.2. The molecule has 1 saturated carbocycles. The van der Waals surface area contributed by atoms with Crippen LogP contribution in [-0.4, -0.2) is 18.1 Å². The maximum atomic E-state index is 6.14. The van der Waals surface area contributed by atoms with Gasteiger partial charge in [-0.25, -0.2) is 0 Å². The van der Waals surface area contributed by atoms with E-state index in [1.165, 1.54) is 5.56 Å². The van der Waals surface area contributed by atoms with Gasteiger partial charge in [0, 0.05) is 34.1 Å². The van der Waals surface area contributed by atoms with E-state index in [1.54, 1.807) is 7.11 Å². The molecule has 2 aromatic rings. The van der Waals surface area contributed by atoms with E-state index >= 15 is 0 Å². The van der Waals surface area contributed by atoms with Crippen molar-refractivity contribution in [1.29, 1.82) is 0 Å². The Balaban J connectivity index is 2.23. The molecule has 0 bridgehead atoms. The number of hydrogen-bond acceptors (Lipinski definition) is 2. The number of H-pyrrole nitrogens is 1. The van der Waals surface area contributed by atoms with Gasteiger partial charge in [0.15, 0.2) is 0 Å². The quantitative estimate of drug-likeness (QED) is 0.851. The lowest BCUT2D eigenvalue weighted by Crippen LogP contribution is -2.31. The van der Waals surface area contributed by atoms with Gasteiger partial charge in [-0.05, 0) is 31.9 Å². The van der Waals surface area contributed by atoms with Gasteiger partial charge in [0.25, 0.3) is 0 Å². The van der Waals surface area contributed by atoms with Crippen LogP contribution in [0.4, 0.5) is 0 Å². The second-order valence-corrected chi connectivity index (χ2v) is 5.03. The predicted octanol–water partition coefficient (Wildman–Crippen LogP) is 2.56. The van der Waals surface area contributed by atoms with E-state index in [-0.39, 0.29) is 11.5 Å². The zero-order valence-electron chi connectivity index (χ0n) is 10.3. The van der Waals surface area contributed by atoms with Crippen LogP contribution in [0.2, 0.25) is 0 Å². The van der Waals surface area contributed by atoms with Crippen molar-refractivity contribution in [3.63, 3.8) is 0 Å². The largest absolute Gasteiger partial charge is 0.496 e. The molecule has 0 saturated heterocycles. The summed E-state index contributed by atoms with van der Waals surface area (Å²) in [4.78, 5) is 3.21. The summed E-state index contributed by atoms with van der Waals surface area (Å²) in [5, 5.41) is 1.15. The SMILES string of the molecule is COc1c(C2(C(C)N)CC2)ccc2[nH]ccc12. The van der Waals surface area contributed by atoms with Crippen LogP contribution in [-0.2, 0) is 5.41 Å². The van der Waals surface area contributed by atoms with Crippen molar-refractivity contribution in [3.05, 3.63) is 30.0 Å². The Morgan fingerprint density at radius 3 is 2.71 bits per heavy atom. The number of nitrogens with one attached hydrogen (secondary N) is 1. The third-order valence-corrected chi connectivity index (χ3v) is 4.09. The van der Waals surface area contributed by atoms with Crippen LogP contribution in [0.25, 0.3) is 10.9 Å².